The molecule has 0 amide bonds. The minimum absolute atomic E-state index is 0.125. The average Bonchev–Trinajstić information content (AvgIpc) is 3.03. The number of nitrogens with zero attached hydrogens (tertiary/aromatic N) is 1. The normalized spacial score (nSPS) is 10.6. The largest absolute Gasteiger partial charge is 0.508 e. The number of aryl methyl sites for hydroxylation is 2. The zero-order chi connectivity index (χ0) is 18.5. The van der Waals surface area contributed by atoms with E-state index in [4.69, 9.17) is 14.4 Å². The Morgan fingerprint density at radius 1 is 1.19 bits per heavy atom. The van der Waals surface area contributed by atoms with Crippen LogP contribution in [0.2, 0.25) is 0 Å². The van der Waals surface area contributed by atoms with Crippen molar-refractivity contribution in [3.05, 3.63) is 65.1 Å². The van der Waals surface area contributed by atoms with Crippen molar-refractivity contribution in [1.29, 1.82) is 5.26 Å². The number of carbonyl (C=O) groups is 1. The zero-order valence-electron chi connectivity index (χ0n) is 14.5. The number of furan rings is 1. The maximum Gasteiger partial charge on any atom is 0.310 e. The lowest BCUT2D eigenvalue weighted by Crippen LogP contribution is -2.09. The highest BCUT2D eigenvalue weighted by atomic mass is 16.5. The summed E-state index contributed by atoms with van der Waals surface area (Å²) >= 11 is 0. The highest BCUT2D eigenvalue weighted by molar-refractivity contribution is 5.85. The molecule has 1 N–H and O–H groups in total. The highest BCUT2D eigenvalue weighted by Gasteiger charge is 2.12. The van der Waals surface area contributed by atoms with E-state index < -0.39 is 0 Å². The third-order valence-corrected chi connectivity index (χ3v) is 4.26. The van der Waals surface area contributed by atoms with E-state index in [0.29, 0.717) is 25.0 Å². The summed E-state index contributed by atoms with van der Waals surface area (Å²) in [5.74, 6) is 0.645. The number of esters is 1. The number of hydrogen-bond donors (Lipinski definition) is 1. The van der Waals surface area contributed by atoms with E-state index in [1.54, 1.807) is 37.5 Å². The molecule has 0 fully saturated rings. The van der Waals surface area contributed by atoms with Gasteiger partial charge in [0, 0.05) is 17.2 Å². The monoisotopic (exact) mass is 349 g/mol. The molecule has 0 unspecified atom stereocenters. The summed E-state index contributed by atoms with van der Waals surface area (Å²) in [6.07, 6.45) is 3.09. The molecule has 0 spiro atoms. The van der Waals surface area contributed by atoms with Crippen LogP contribution < -0.4 is 0 Å². The first-order valence-corrected chi connectivity index (χ1v) is 8.47. The van der Waals surface area contributed by atoms with Crippen molar-refractivity contribution in [3.8, 4) is 11.8 Å². The molecule has 5 nitrogen and oxygen atoms in total. The zero-order valence-corrected chi connectivity index (χ0v) is 14.5. The Labute approximate surface area is 151 Å². The van der Waals surface area contributed by atoms with Crippen LogP contribution in [0.1, 0.15) is 29.4 Å². The molecule has 3 rings (SSSR count). The third-order valence-electron chi connectivity index (χ3n) is 4.26. The second kappa shape index (κ2) is 7.75. The van der Waals surface area contributed by atoms with Crippen molar-refractivity contribution in [1.82, 2.24) is 0 Å². The van der Waals surface area contributed by atoms with Crippen LogP contribution in [0.15, 0.2) is 47.1 Å². The summed E-state index contributed by atoms with van der Waals surface area (Å²) in [7, 11) is 0. The summed E-state index contributed by atoms with van der Waals surface area (Å²) in [5.41, 5.74) is 2.32. The number of fused-ring (bicyclic) bond motifs is 1. The van der Waals surface area contributed by atoms with Gasteiger partial charge in [-0.2, -0.15) is 5.26 Å². The molecule has 1 aromatic heterocycles. The van der Waals surface area contributed by atoms with Gasteiger partial charge in [-0.25, -0.2) is 0 Å². The molecular formula is C21H19NO4. The van der Waals surface area contributed by atoms with Crippen LogP contribution in [-0.4, -0.2) is 17.7 Å². The van der Waals surface area contributed by atoms with Crippen molar-refractivity contribution in [2.75, 3.05) is 6.61 Å². The van der Waals surface area contributed by atoms with Gasteiger partial charge in [-0.05, 0) is 54.8 Å². The number of benzene rings is 2. The van der Waals surface area contributed by atoms with Gasteiger partial charge in [-0.1, -0.05) is 6.07 Å². The van der Waals surface area contributed by atoms with Gasteiger partial charge in [-0.3, -0.25) is 4.79 Å². The van der Waals surface area contributed by atoms with E-state index >= 15 is 0 Å². The Morgan fingerprint density at radius 2 is 2.04 bits per heavy atom. The number of rotatable bonds is 6. The number of carbonyl (C=O) groups excluding carboxylic acids is 1. The van der Waals surface area contributed by atoms with Crippen LogP contribution >= 0.6 is 0 Å². The lowest BCUT2D eigenvalue weighted by Gasteiger charge is -2.09. The lowest BCUT2D eigenvalue weighted by molar-refractivity contribution is -0.142. The maximum absolute atomic E-state index is 11.8. The summed E-state index contributed by atoms with van der Waals surface area (Å²) in [6, 6.07) is 12.6. The lowest BCUT2D eigenvalue weighted by atomic mass is 9.98. The second-order valence-corrected chi connectivity index (χ2v) is 6.01. The van der Waals surface area contributed by atoms with Gasteiger partial charge in [0.1, 0.15) is 11.5 Å². The highest BCUT2D eigenvalue weighted by Crippen LogP contribution is 2.25. The van der Waals surface area contributed by atoms with Gasteiger partial charge in [0.15, 0.2) is 0 Å². The number of nitriles is 1. The Morgan fingerprint density at radius 3 is 2.81 bits per heavy atom. The van der Waals surface area contributed by atoms with Crippen LogP contribution in [0.5, 0.6) is 5.75 Å². The van der Waals surface area contributed by atoms with Gasteiger partial charge < -0.3 is 14.3 Å². The van der Waals surface area contributed by atoms with Crippen molar-refractivity contribution in [3.63, 3.8) is 0 Å². The molecule has 0 atom stereocenters. The fourth-order valence-corrected chi connectivity index (χ4v) is 3.01. The number of aromatic hydroxyl groups is 1. The number of phenolic OH excluding ortho intramolecular Hbond substituents is 1. The van der Waals surface area contributed by atoms with Crippen molar-refractivity contribution in [2.24, 2.45) is 0 Å². The summed E-state index contributed by atoms with van der Waals surface area (Å²) in [4.78, 5) is 11.8. The molecule has 0 saturated carbocycles. The first kappa shape index (κ1) is 17.6. The number of phenols is 1. The Balaban J connectivity index is 1.79. The van der Waals surface area contributed by atoms with Crippen LogP contribution in [0, 0.1) is 11.3 Å². The van der Waals surface area contributed by atoms with Crippen molar-refractivity contribution >= 4 is 16.7 Å². The van der Waals surface area contributed by atoms with Crippen molar-refractivity contribution in [2.45, 2.75) is 26.2 Å². The van der Waals surface area contributed by atoms with Gasteiger partial charge in [0.25, 0.3) is 0 Å². The molecular weight excluding hydrogens is 330 g/mol. The molecule has 1 heterocycles. The van der Waals surface area contributed by atoms with E-state index in [0.717, 1.165) is 27.7 Å². The SMILES string of the molecule is CCOC(=O)Cc1cc(O)ccc1CCc1occ2cc(C#N)ccc12. The van der Waals surface area contributed by atoms with Crippen LogP contribution in [-0.2, 0) is 28.8 Å². The third kappa shape index (κ3) is 3.86. The molecule has 0 saturated heterocycles. The number of hydrogen-bond acceptors (Lipinski definition) is 5. The van der Waals surface area contributed by atoms with Gasteiger partial charge in [0.2, 0.25) is 0 Å². The maximum atomic E-state index is 11.8. The Kier molecular flexibility index (Phi) is 5.23. The van der Waals surface area contributed by atoms with Crippen molar-refractivity contribution < 1.29 is 19.1 Å². The van der Waals surface area contributed by atoms with Gasteiger partial charge in [0.05, 0.1) is 30.9 Å². The van der Waals surface area contributed by atoms with E-state index in [-0.39, 0.29) is 18.1 Å². The van der Waals surface area contributed by atoms with Crippen LogP contribution in [0.25, 0.3) is 10.8 Å². The molecule has 0 aliphatic carbocycles. The molecule has 0 aliphatic rings. The molecule has 0 bridgehead atoms. The minimum Gasteiger partial charge on any atom is -0.508 e. The summed E-state index contributed by atoms with van der Waals surface area (Å²) in [6.45, 7) is 2.09. The van der Waals surface area contributed by atoms with E-state index in [1.807, 2.05) is 12.1 Å². The summed E-state index contributed by atoms with van der Waals surface area (Å²) < 4.78 is 10.7. The minimum atomic E-state index is -0.313. The standard InChI is InChI=1S/C21H19NO4/c1-2-25-21(24)11-16-10-18(23)6-4-15(16)5-8-20-19-7-3-14(12-22)9-17(19)13-26-20/h3-4,6-7,9-10,13,23H,2,5,8,11H2,1H3. The van der Waals surface area contributed by atoms with Gasteiger partial charge in [-0.15, -0.1) is 0 Å². The smallest absolute Gasteiger partial charge is 0.310 e. The first-order valence-electron chi connectivity index (χ1n) is 8.47. The Hall–Kier alpha value is -3.26. The molecule has 3 aromatic rings. The fraction of sp³-hybridized carbons (Fsp3) is 0.238. The average molecular weight is 349 g/mol. The second-order valence-electron chi connectivity index (χ2n) is 6.01. The van der Waals surface area contributed by atoms with E-state index in [9.17, 15) is 9.90 Å². The molecule has 2 aromatic carbocycles. The summed E-state index contributed by atoms with van der Waals surface area (Å²) in [5, 5.41) is 20.6. The van der Waals surface area contributed by atoms with Crippen LogP contribution in [0.4, 0.5) is 0 Å². The predicted octanol–water partition coefficient (Wildman–Crippen LogP) is 3.90. The van der Waals surface area contributed by atoms with E-state index in [1.165, 1.54) is 0 Å². The number of ether oxygens (including phenoxy) is 1. The predicted molar refractivity (Wildman–Crippen MR) is 96.8 cm³/mol. The molecule has 5 heteroatoms. The molecule has 0 radical (unpaired) electrons. The molecule has 26 heavy (non-hydrogen) atoms. The van der Waals surface area contributed by atoms with E-state index in [2.05, 4.69) is 6.07 Å². The molecule has 132 valence electrons. The Bertz CT molecular complexity index is 981. The molecule has 0 aliphatic heterocycles. The fourth-order valence-electron chi connectivity index (χ4n) is 3.01. The first-order chi connectivity index (χ1) is 12.6. The van der Waals surface area contributed by atoms with Crippen LogP contribution in [0.3, 0.4) is 0 Å². The van der Waals surface area contributed by atoms with Gasteiger partial charge >= 0.3 is 5.97 Å². The topological polar surface area (TPSA) is 83.5 Å². The quantitative estimate of drug-likeness (QED) is 0.682.